The van der Waals surface area contributed by atoms with E-state index in [2.05, 4.69) is 4.90 Å². The number of likely N-dealkylation sites (tertiary alicyclic amines) is 1. The third kappa shape index (κ3) is 3.11. The Balaban J connectivity index is 2.36. The predicted molar refractivity (Wildman–Crippen MR) is 83.2 cm³/mol. The highest BCUT2D eigenvalue weighted by molar-refractivity contribution is 7.89. The van der Waals surface area contributed by atoms with Gasteiger partial charge in [-0.1, -0.05) is 0 Å². The Morgan fingerprint density at radius 3 is 2.68 bits per heavy atom. The molecule has 124 valence electrons. The highest BCUT2D eigenvalue weighted by Gasteiger charge is 2.32. The second kappa shape index (κ2) is 6.52. The summed E-state index contributed by atoms with van der Waals surface area (Å²) in [6, 6.07) is 2.68. The number of nitrogens with zero attached hydrogens (tertiary/aromatic N) is 2. The first kappa shape index (κ1) is 17.2. The molecule has 0 aromatic heterocycles. The Morgan fingerprint density at radius 2 is 2.09 bits per heavy atom. The van der Waals surface area contributed by atoms with E-state index in [4.69, 9.17) is 4.74 Å². The number of likely N-dealkylation sites (N-methyl/N-ethyl adjacent to an activating group) is 2. The van der Waals surface area contributed by atoms with E-state index < -0.39 is 15.8 Å². The molecule has 1 saturated heterocycles. The van der Waals surface area contributed by atoms with Crippen molar-refractivity contribution < 1.29 is 17.5 Å². The van der Waals surface area contributed by atoms with E-state index in [1.165, 1.54) is 30.5 Å². The van der Waals surface area contributed by atoms with Gasteiger partial charge in [-0.25, -0.2) is 12.8 Å². The predicted octanol–water partition coefficient (Wildman–Crippen LogP) is 1.86. The molecule has 1 aliphatic rings. The number of halogens is 1. The Morgan fingerprint density at radius 1 is 1.41 bits per heavy atom. The van der Waals surface area contributed by atoms with E-state index >= 15 is 0 Å². The highest BCUT2D eigenvalue weighted by Crippen LogP contribution is 2.29. The maximum absolute atomic E-state index is 14.1. The molecule has 2 rings (SSSR count). The standard InChI is InChI=1S/C15H23FN2O3S/c1-11-14(8-7-13(21-4)15(11)16)22(19,20)18(3)12-6-5-9-17(2)10-12/h7-8,12H,5-6,9-10H2,1-4H3/t12-/m0/s1. The van der Waals surface area contributed by atoms with E-state index in [9.17, 15) is 12.8 Å². The summed E-state index contributed by atoms with van der Waals surface area (Å²) >= 11 is 0. The number of benzene rings is 1. The summed E-state index contributed by atoms with van der Waals surface area (Å²) in [7, 11) is 1.18. The van der Waals surface area contributed by atoms with Gasteiger partial charge in [-0.2, -0.15) is 4.31 Å². The van der Waals surface area contributed by atoms with E-state index in [1.807, 2.05) is 7.05 Å². The Labute approximate surface area is 131 Å². The molecule has 1 atom stereocenters. The number of sulfonamides is 1. The largest absolute Gasteiger partial charge is 0.494 e. The topological polar surface area (TPSA) is 49.9 Å². The lowest BCUT2D eigenvalue weighted by Gasteiger charge is -2.35. The first-order valence-corrected chi connectivity index (χ1v) is 8.72. The molecule has 1 aromatic carbocycles. The Kier molecular flexibility index (Phi) is 5.09. The molecule has 0 N–H and O–H groups in total. The molecule has 0 amide bonds. The molecule has 0 saturated carbocycles. The molecule has 5 nitrogen and oxygen atoms in total. The van der Waals surface area contributed by atoms with Crippen molar-refractivity contribution in [2.75, 3.05) is 34.3 Å². The van der Waals surface area contributed by atoms with Crippen LogP contribution in [0.1, 0.15) is 18.4 Å². The summed E-state index contributed by atoms with van der Waals surface area (Å²) in [6.45, 7) is 3.12. The fourth-order valence-electron chi connectivity index (χ4n) is 2.87. The van der Waals surface area contributed by atoms with Gasteiger partial charge in [-0.15, -0.1) is 0 Å². The van der Waals surface area contributed by atoms with Crippen LogP contribution in [0.5, 0.6) is 5.75 Å². The van der Waals surface area contributed by atoms with Gasteiger partial charge >= 0.3 is 0 Å². The zero-order valence-corrected chi connectivity index (χ0v) is 14.3. The zero-order chi connectivity index (χ0) is 16.5. The van der Waals surface area contributed by atoms with Gasteiger partial charge in [-0.3, -0.25) is 0 Å². The smallest absolute Gasteiger partial charge is 0.243 e. The summed E-state index contributed by atoms with van der Waals surface area (Å²) < 4.78 is 46.0. The van der Waals surface area contributed by atoms with Crippen LogP contribution in [0.25, 0.3) is 0 Å². The maximum Gasteiger partial charge on any atom is 0.243 e. The first-order valence-electron chi connectivity index (χ1n) is 7.28. The third-order valence-corrected chi connectivity index (χ3v) is 6.35. The van der Waals surface area contributed by atoms with Crippen molar-refractivity contribution in [2.24, 2.45) is 0 Å². The second-order valence-corrected chi connectivity index (χ2v) is 7.75. The molecule has 1 fully saturated rings. The van der Waals surface area contributed by atoms with Gasteiger partial charge in [-0.05, 0) is 45.5 Å². The van der Waals surface area contributed by atoms with Crippen LogP contribution in [-0.4, -0.2) is 58.0 Å². The van der Waals surface area contributed by atoms with Crippen LogP contribution < -0.4 is 4.74 Å². The summed E-state index contributed by atoms with van der Waals surface area (Å²) in [5.74, 6) is -0.575. The van der Waals surface area contributed by atoms with Crippen LogP contribution in [0.4, 0.5) is 4.39 Å². The molecular formula is C15H23FN2O3S. The number of hydrogen-bond donors (Lipinski definition) is 0. The number of hydrogen-bond acceptors (Lipinski definition) is 4. The summed E-state index contributed by atoms with van der Waals surface area (Å²) in [6.07, 6.45) is 1.77. The van der Waals surface area contributed by atoms with Crippen LogP contribution in [-0.2, 0) is 10.0 Å². The molecule has 1 aromatic rings. The lowest BCUT2D eigenvalue weighted by atomic mass is 10.1. The van der Waals surface area contributed by atoms with E-state index in [1.54, 1.807) is 7.05 Å². The fourth-order valence-corrected chi connectivity index (χ4v) is 4.46. The van der Waals surface area contributed by atoms with Crippen molar-refractivity contribution in [3.05, 3.63) is 23.5 Å². The van der Waals surface area contributed by atoms with Gasteiger partial charge in [0.15, 0.2) is 11.6 Å². The summed E-state index contributed by atoms with van der Waals surface area (Å²) in [5, 5.41) is 0. The second-order valence-electron chi connectivity index (χ2n) is 5.78. The van der Waals surface area contributed by atoms with Crippen LogP contribution in [0.2, 0.25) is 0 Å². The van der Waals surface area contributed by atoms with Crippen molar-refractivity contribution in [3.8, 4) is 5.75 Å². The molecule has 7 heteroatoms. The maximum atomic E-state index is 14.1. The Bertz CT molecular complexity index is 648. The average Bonchev–Trinajstić information content (AvgIpc) is 2.48. The van der Waals surface area contributed by atoms with E-state index in [0.29, 0.717) is 6.54 Å². The van der Waals surface area contributed by atoms with Crippen molar-refractivity contribution >= 4 is 10.0 Å². The first-order chi connectivity index (χ1) is 10.3. The van der Waals surface area contributed by atoms with Crippen LogP contribution >= 0.6 is 0 Å². The van der Waals surface area contributed by atoms with Crippen molar-refractivity contribution in [1.29, 1.82) is 0 Å². The molecule has 22 heavy (non-hydrogen) atoms. The third-order valence-electron chi connectivity index (χ3n) is 4.29. The molecule has 0 aliphatic carbocycles. The van der Waals surface area contributed by atoms with Gasteiger partial charge in [0.25, 0.3) is 0 Å². The SMILES string of the molecule is COc1ccc(S(=O)(=O)N(C)[C@H]2CCCN(C)C2)c(C)c1F. The van der Waals surface area contributed by atoms with Crippen LogP contribution in [0, 0.1) is 12.7 Å². The van der Waals surface area contributed by atoms with Gasteiger partial charge in [0.1, 0.15) is 0 Å². The molecule has 0 spiro atoms. The van der Waals surface area contributed by atoms with Gasteiger partial charge in [0.2, 0.25) is 10.0 Å². The lowest BCUT2D eigenvalue weighted by Crippen LogP contribution is -2.47. The zero-order valence-electron chi connectivity index (χ0n) is 13.5. The van der Waals surface area contributed by atoms with Crippen molar-refractivity contribution in [1.82, 2.24) is 9.21 Å². The quantitative estimate of drug-likeness (QED) is 0.845. The average molecular weight is 330 g/mol. The molecule has 0 radical (unpaired) electrons. The molecule has 0 unspecified atom stereocenters. The normalized spacial score (nSPS) is 20.4. The minimum Gasteiger partial charge on any atom is -0.494 e. The molecular weight excluding hydrogens is 307 g/mol. The number of piperidine rings is 1. The highest BCUT2D eigenvalue weighted by atomic mass is 32.2. The lowest BCUT2D eigenvalue weighted by molar-refractivity contribution is 0.187. The van der Waals surface area contributed by atoms with Crippen molar-refractivity contribution in [3.63, 3.8) is 0 Å². The van der Waals surface area contributed by atoms with Crippen LogP contribution in [0.3, 0.4) is 0 Å². The van der Waals surface area contributed by atoms with E-state index in [-0.39, 0.29) is 22.3 Å². The minimum atomic E-state index is -3.73. The monoisotopic (exact) mass is 330 g/mol. The summed E-state index contributed by atoms with van der Waals surface area (Å²) in [5.41, 5.74) is 0.0929. The summed E-state index contributed by atoms with van der Waals surface area (Å²) in [4.78, 5) is 2.11. The molecule has 1 aliphatic heterocycles. The Hall–Kier alpha value is -1.18. The van der Waals surface area contributed by atoms with Gasteiger partial charge in [0, 0.05) is 25.2 Å². The number of ether oxygens (including phenoxy) is 1. The van der Waals surface area contributed by atoms with Gasteiger partial charge < -0.3 is 9.64 Å². The van der Waals surface area contributed by atoms with Crippen LogP contribution in [0.15, 0.2) is 17.0 Å². The van der Waals surface area contributed by atoms with E-state index in [0.717, 1.165) is 19.4 Å². The molecule has 1 heterocycles. The number of rotatable bonds is 4. The van der Waals surface area contributed by atoms with Gasteiger partial charge in [0.05, 0.1) is 12.0 Å². The molecule has 0 bridgehead atoms. The number of methoxy groups -OCH3 is 1. The fraction of sp³-hybridized carbons (Fsp3) is 0.600. The van der Waals surface area contributed by atoms with Crippen molar-refractivity contribution in [2.45, 2.75) is 30.7 Å². The minimum absolute atomic E-state index is 0.00141.